The maximum Gasteiger partial charge on any atom is 0.195 e. The summed E-state index contributed by atoms with van der Waals surface area (Å²) in [6.45, 7) is 2.93. The largest absolute Gasteiger partial charge is 0.493 e. The first-order valence-corrected chi connectivity index (χ1v) is 10.4. The SMILES string of the molecule is CCCCCC1(COc2ccc(-c3ccc(F)c(F)c3F)cc2)CCCCC1. The number of rotatable bonds is 8. The number of ether oxygens (including phenoxy) is 1. The number of unbranched alkanes of at least 4 members (excludes halogenated alkanes) is 2. The minimum Gasteiger partial charge on any atom is -0.493 e. The van der Waals surface area contributed by atoms with Crippen LogP contribution in [0.4, 0.5) is 13.2 Å². The molecule has 0 aliphatic heterocycles. The standard InChI is InChI=1S/C24H29F3O/c1-2-3-5-14-24(15-6-4-7-16-24)17-28-19-10-8-18(9-11-19)20-12-13-21(25)23(27)22(20)26/h8-13H,2-7,14-17H2,1H3. The van der Waals surface area contributed by atoms with Crippen molar-refractivity contribution in [3.63, 3.8) is 0 Å². The van der Waals surface area contributed by atoms with E-state index < -0.39 is 17.5 Å². The van der Waals surface area contributed by atoms with Crippen LogP contribution in [0.15, 0.2) is 36.4 Å². The van der Waals surface area contributed by atoms with Gasteiger partial charge in [-0.25, -0.2) is 13.2 Å². The van der Waals surface area contributed by atoms with Crippen molar-refractivity contribution in [3.05, 3.63) is 53.8 Å². The van der Waals surface area contributed by atoms with E-state index >= 15 is 0 Å². The Kier molecular flexibility index (Phi) is 7.03. The van der Waals surface area contributed by atoms with E-state index in [0.29, 0.717) is 12.2 Å². The summed E-state index contributed by atoms with van der Waals surface area (Å²) in [7, 11) is 0. The van der Waals surface area contributed by atoms with E-state index in [-0.39, 0.29) is 11.0 Å². The number of hydrogen-bond acceptors (Lipinski definition) is 1. The van der Waals surface area contributed by atoms with E-state index in [4.69, 9.17) is 4.74 Å². The van der Waals surface area contributed by atoms with Crippen molar-refractivity contribution in [1.82, 2.24) is 0 Å². The maximum absolute atomic E-state index is 14.0. The molecule has 0 atom stereocenters. The van der Waals surface area contributed by atoms with Crippen LogP contribution in [-0.2, 0) is 0 Å². The van der Waals surface area contributed by atoms with Gasteiger partial charge in [-0.2, -0.15) is 0 Å². The Balaban J connectivity index is 1.67. The summed E-state index contributed by atoms with van der Waals surface area (Å²) in [6, 6.07) is 9.14. The number of benzene rings is 2. The first kappa shape index (κ1) is 20.8. The van der Waals surface area contributed by atoms with Crippen LogP contribution in [-0.4, -0.2) is 6.61 Å². The van der Waals surface area contributed by atoms with E-state index in [1.807, 2.05) is 0 Å². The topological polar surface area (TPSA) is 9.23 Å². The molecule has 0 heterocycles. The molecule has 2 aromatic rings. The maximum atomic E-state index is 14.0. The third-order valence-electron chi connectivity index (χ3n) is 5.97. The molecule has 1 nitrogen and oxygen atoms in total. The predicted molar refractivity (Wildman–Crippen MR) is 107 cm³/mol. The molecule has 0 aromatic heterocycles. The summed E-state index contributed by atoms with van der Waals surface area (Å²) in [4.78, 5) is 0. The van der Waals surface area contributed by atoms with Gasteiger partial charge in [0.15, 0.2) is 17.5 Å². The first-order chi connectivity index (χ1) is 13.5. The normalized spacial score (nSPS) is 16.1. The van der Waals surface area contributed by atoms with Crippen molar-refractivity contribution in [2.45, 2.75) is 64.7 Å². The summed E-state index contributed by atoms with van der Waals surface area (Å²) in [5, 5.41) is 0. The molecule has 0 amide bonds. The smallest absolute Gasteiger partial charge is 0.195 e. The Morgan fingerprint density at radius 1 is 0.857 bits per heavy atom. The Morgan fingerprint density at radius 2 is 1.57 bits per heavy atom. The highest BCUT2D eigenvalue weighted by Crippen LogP contribution is 2.41. The fourth-order valence-corrected chi connectivity index (χ4v) is 4.23. The van der Waals surface area contributed by atoms with Crippen molar-refractivity contribution in [2.24, 2.45) is 5.41 Å². The van der Waals surface area contributed by atoms with Crippen molar-refractivity contribution in [3.8, 4) is 16.9 Å². The van der Waals surface area contributed by atoms with Gasteiger partial charge in [-0.15, -0.1) is 0 Å². The van der Waals surface area contributed by atoms with Crippen LogP contribution in [0.25, 0.3) is 11.1 Å². The van der Waals surface area contributed by atoms with Crippen LogP contribution in [0.2, 0.25) is 0 Å². The van der Waals surface area contributed by atoms with Gasteiger partial charge in [0.2, 0.25) is 0 Å². The van der Waals surface area contributed by atoms with Crippen molar-refractivity contribution in [2.75, 3.05) is 6.61 Å². The van der Waals surface area contributed by atoms with Crippen LogP contribution in [0.3, 0.4) is 0 Å². The molecule has 0 unspecified atom stereocenters. The number of halogens is 3. The van der Waals surface area contributed by atoms with Crippen LogP contribution < -0.4 is 4.74 Å². The molecule has 2 aromatic carbocycles. The lowest BCUT2D eigenvalue weighted by Crippen LogP contribution is -2.31. The summed E-state index contributed by atoms with van der Waals surface area (Å²) < 4.78 is 46.7. The predicted octanol–water partition coefficient (Wildman–Crippen LogP) is 7.68. The van der Waals surface area contributed by atoms with Crippen LogP contribution >= 0.6 is 0 Å². The van der Waals surface area contributed by atoms with Gasteiger partial charge in [0.05, 0.1) is 6.61 Å². The molecule has 152 valence electrons. The molecule has 28 heavy (non-hydrogen) atoms. The fraction of sp³-hybridized carbons (Fsp3) is 0.500. The molecule has 1 fully saturated rings. The molecule has 0 saturated heterocycles. The quantitative estimate of drug-likeness (QED) is 0.332. The highest BCUT2D eigenvalue weighted by molar-refractivity contribution is 5.65. The van der Waals surface area contributed by atoms with Gasteiger partial charge in [0.1, 0.15) is 5.75 Å². The molecular formula is C24H29F3O. The van der Waals surface area contributed by atoms with Gasteiger partial charge in [0.25, 0.3) is 0 Å². The molecule has 0 bridgehead atoms. The lowest BCUT2D eigenvalue weighted by molar-refractivity contribution is 0.0844. The van der Waals surface area contributed by atoms with E-state index in [1.54, 1.807) is 24.3 Å². The summed E-state index contributed by atoms with van der Waals surface area (Å²) >= 11 is 0. The van der Waals surface area contributed by atoms with Gasteiger partial charge < -0.3 is 4.74 Å². The van der Waals surface area contributed by atoms with Gasteiger partial charge in [-0.3, -0.25) is 0 Å². The molecule has 0 N–H and O–H groups in total. The van der Waals surface area contributed by atoms with E-state index in [9.17, 15) is 13.2 Å². The fourth-order valence-electron chi connectivity index (χ4n) is 4.23. The molecule has 3 rings (SSSR count). The zero-order chi connectivity index (χ0) is 20.0. The van der Waals surface area contributed by atoms with E-state index in [2.05, 4.69) is 6.92 Å². The molecule has 1 saturated carbocycles. The molecule has 0 radical (unpaired) electrons. The highest BCUT2D eigenvalue weighted by Gasteiger charge is 2.32. The van der Waals surface area contributed by atoms with Crippen molar-refractivity contribution >= 4 is 0 Å². The van der Waals surface area contributed by atoms with Crippen molar-refractivity contribution in [1.29, 1.82) is 0 Å². The second-order valence-electron chi connectivity index (χ2n) is 8.05. The lowest BCUT2D eigenvalue weighted by Gasteiger charge is -2.37. The van der Waals surface area contributed by atoms with Crippen LogP contribution in [0, 0.1) is 22.9 Å². The van der Waals surface area contributed by atoms with Gasteiger partial charge >= 0.3 is 0 Å². The Hall–Kier alpha value is -1.97. The second kappa shape index (κ2) is 9.49. The zero-order valence-corrected chi connectivity index (χ0v) is 16.6. The summed E-state index contributed by atoms with van der Waals surface area (Å²) in [5.41, 5.74) is 0.811. The van der Waals surface area contributed by atoms with Crippen molar-refractivity contribution < 1.29 is 17.9 Å². The third-order valence-corrected chi connectivity index (χ3v) is 5.97. The molecule has 1 aliphatic carbocycles. The lowest BCUT2D eigenvalue weighted by atomic mass is 9.71. The van der Waals surface area contributed by atoms with Gasteiger partial charge in [-0.1, -0.05) is 57.6 Å². The van der Waals surface area contributed by atoms with Gasteiger partial charge in [0, 0.05) is 11.0 Å². The second-order valence-corrected chi connectivity index (χ2v) is 8.05. The molecule has 0 spiro atoms. The third kappa shape index (κ3) is 4.89. The minimum atomic E-state index is -1.44. The first-order valence-electron chi connectivity index (χ1n) is 10.4. The monoisotopic (exact) mass is 390 g/mol. The zero-order valence-electron chi connectivity index (χ0n) is 16.6. The molecular weight excluding hydrogens is 361 g/mol. The molecule has 1 aliphatic rings. The van der Waals surface area contributed by atoms with Crippen LogP contribution in [0.1, 0.15) is 64.7 Å². The summed E-state index contributed by atoms with van der Waals surface area (Å²) in [5.74, 6) is -3.05. The Morgan fingerprint density at radius 3 is 2.25 bits per heavy atom. The summed E-state index contributed by atoms with van der Waals surface area (Å²) in [6.07, 6.45) is 11.2. The Labute approximate surface area is 165 Å². The number of hydrogen-bond donors (Lipinski definition) is 0. The van der Waals surface area contributed by atoms with E-state index in [0.717, 1.165) is 11.8 Å². The average Bonchev–Trinajstić information content (AvgIpc) is 2.72. The van der Waals surface area contributed by atoms with Crippen LogP contribution in [0.5, 0.6) is 5.75 Å². The average molecular weight is 390 g/mol. The molecule has 4 heteroatoms. The Bertz CT molecular complexity index is 764. The minimum absolute atomic E-state index is 0.0498. The highest BCUT2D eigenvalue weighted by atomic mass is 19.2. The van der Waals surface area contributed by atoms with Gasteiger partial charge in [-0.05, 0) is 49.1 Å². The van der Waals surface area contributed by atoms with E-state index in [1.165, 1.54) is 63.9 Å².